The monoisotopic (exact) mass is 404 g/mol. The van der Waals surface area contributed by atoms with Crippen molar-refractivity contribution in [2.75, 3.05) is 10.7 Å². The number of benzene rings is 1. The molecule has 0 nitrogen and oxygen atoms in total. The zero-order valence-electron chi connectivity index (χ0n) is 10.4. The minimum atomic E-state index is -0.167. The van der Waals surface area contributed by atoms with Crippen LogP contribution in [0.3, 0.4) is 0 Å². The molecule has 0 aliphatic carbocycles. The maximum absolute atomic E-state index is 13.5. The lowest BCUT2D eigenvalue weighted by molar-refractivity contribution is 0.501. The highest BCUT2D eigenvalue weighted by Crippen LogP contribution is 2.34. The van der Waals surface area contributed by atoms with Crippen LogP contribution in [0.4, 0.5) is 4.39 Å². The van der Waals surface area contributed by atoms with Crippen molar-refractivity contribution in [1.29, 1.82) is 0 Å². The molecule has 0 radical (unpaired) electrons. The second-order valence-corrected chi connectivity index (χ2v) is 6.79. The zero-order valence-corrected chi connectivity index (χ0v) is 14.4. The topological polar surface area (TPSA) is 0 Å². The average Bonchev–Trinajstić information content (AvgIpc) is 2.94. The Morgan fingerprint density at radius 2 is 1.89 bits per heavy atom. The molecule has 0 atom stereocenters. The van der Waals surface area contributed by atoms with Crippen LogP contribution in [0.1, 0.15) is 16.9 Å². The van der Waals surface area contributed by atoms with Gasteiger partial charge in [-0.3, -0.25) is 0 Å². The number of aryl methyl sites for hydroxylation is 1. The second kappa shape index (κ2) is 7.00. The van der Waals surface area contributed by atoms with Crippen LogP contribution >= 0.6 is 43.2 Å². The predicted molar refractivity (Wildman–Crippen MR) is 88.3 cm³/mol. The van der Waals surface area contributed by atoms with Crippen molar-refractivity contribution in [3.8, 4) is 0 Å². The molecule has 0 aliphatic heterocycles. The Hall–Kier alpha value is -0.190. The quantitative estimate of drug-likeness (QED) is 0.552. The van der Waals surface area contributed by atoms with Crippen LogP contribution in [0.25, 0.3) is 0 Å². The normalized spacial score (nSPS) is 11.7. The number of hydrogen-bond acceptors (Lipinski definition) is 1. The van der Waals surface area contributed by atoms with E-state index in [9.17, 15) is 4.39 Å². The van der Waals surface area contributed by atoms with Gasteiger partial charge < -0.3 is 0 Å². The first kappa shape index (κ1) is 15.2. The molecule has 4 heteroatoms. The molecule has 2 aromatic rings. The maximum atomic E-state index is 13.5. The highest BCUT2D eigenvalue weighted by Gasteiger charge is 2.30. The molecular weight excluding hydrogens is 391 g/mol. The van der Waals surface area contributed by atoms with Gasteiger partial charge in [0.15, 0.2) is 0 Å². The zero-order chi connectivity index (χ0) is 13.7. The Labute approximate surface area is 134 Å². The molecule has 0 spiro atoms. The van der Waals surface area contributed by atoms with Crippen molar-refractivity contribution in [2.45, 2.75) is 18.3 Å². The van der Waals surface area contributed by atoms with Gasteiger partial charge in [0.2, 0.25) is 0 Å². The summed E-state index contributed by atoms with van der Waals surface area (Å²) in [6, 6.07) is 11.2. The summed E-state index contributed by atoms with van der Waals surface area (Å²) in [7, 11) is 0. The molecule has 0 N–H and O–H groups in total. The summed E-state index contributed by atoms with van der Waals surface area (Å²) < 4.78 is 13.5. The molecule has 0 aliphatic rings. The van der Waals surface area contributed by atoms with E-state index in [4.69, 9.17) is 0 Å². The van der Waals surface area contributed by atoms with Gasteiger partial charge in [-0.25, -0.2) is 4.39 Å². The third-order valence-corrected chi connectivity index (χ3v) is 6.46. The lowest BCUT2D eigenvalue weighted by Crippen LogP contribution is -2.31. The molecule has 0 unspecified atom stereocenters. The van der Waals surface area contributed by atoms with E-state index in [-0.39, 0.29) is 11.2 Å². The molecule has 0 fully saturated rings. The minimum absolute atomic E-state index is 0.0634. The van der Waals surface area contributed by atoms with Crippen LogP contribution in [0.5, 0.6) is 0 Å². The first-order chi connectivity index (χ1) is 9.20. The lowest BCUT2D eigenvalue weighted by atomic mass is 9.80. The third kappa shape index (κ3) is 3.67. The summed E-state index contributed by atoms with van der Waals surface area (Å²) in [5.74, 6) is -0.167. The van der Waals surface area contributed by atoms with Gasteiger partial charge in [-0.15, -0.1) is 11.3 Å². The van der Waals surface area contributed by atoms with Gasteiger partial charge in [0.1, 0.15) is 5.82 Å². The molecule has 1 heterocycles. The summed E-state index contributed by atoms with van der Waals surface area (Å²) in [6.07, 6.45) is 2.01. The Morgan fingerprint density at radius 1 is 1.11 bits per heavy atom. The van der Waals surface area contributed by atoms with Crippen LogP contribution in [-0.2, 0) is 11.8 Å². The fourth-order valence-electron chi connectivity index (χ4n) is 2.10. The Bertz CT molecular complexity index is 507. The van der Waals surface area contributed by atoms with E-state index in [0.717, 1.165) is 29.1 Å². The Kier molecular flexibility index (Phi) is 5.60. The number of rotatable bonds is 6. The van der Waals surface area contributed by atoms with E-state index in [0.29, 0.717) is 0 Å². The van der Waals surface area contributed by atoms with Crippen LogP contribution in [-0.4, -0.2) is 10.7 Å². The molecule has 1 aromatic carbocycles. The highest BCUT2D eigenvalue weighted by molar-refractivity contribution is 9.09. The molecule has 0 amide bonds. The molecule has 1 aromatic heterocycles. The minimum Gasteiger partial charge on any atom is -0.207 e. The molecule has 2 rings (SSSR count). The summed E-state index contributed by atoms with van der Waals surface area (Å²) in [5.41, 5.74) is 0.990. The van der Waals surface area contributed by atoms with Gasteiger partial charge >= 0.3 is 0 Å². The van der Waals surface area contributed by atoms with E-state index in [1.165, 1.54) is 10.9 Å². The van der Waals surface area contributed by atoms with E-state index in [2.05, 4.69) is 49.4 Å². The SMILES string of the molecule is Fc1cccc(C(CBr)(CBr)CCc2cccs2)c1. The van der Waals surface area contributed by atoms with Crippen molar-refractivity contribution in [3.63, 3.8) is 0 Å². The fraction of sp³-hybridized carbons (Fsp3) is 0.333. The fourth-order valence-corrected chi connectivity index (χ4v) is 4.95. The van der Waals surface area contributed by atoms with Gasteiger partial charge in [-0.1, -0.05) is 50.1 Å². The maximum Gasteiger partial charge on any atom is 0.123 e. The summed E-state index contributed by atoms with van der Waals surface area (Å²) in [5, 5.41) is 3.74. The van der Waals surface area contributed by atoms with Gasteiger partial charge in [-0.2, -0.15) is 0 Å². The third-order valence-electron chi connectivity index (χ3n) is 3.38. The van der Waals surface area contributed by atoms with E-state index < -0.39 is 0 Å². The summed E-state index contributed by atoms with van der Waals surface area (Å²) in [6.45, 7) is 0. The highest BCUT2D eigenvalue weighted by atomic mass is 79.9. The number of hydrogen-bond donors (Lipinski definition) is 0. The average molecular weight is 406 g/mol. The molecule has 19 heavy (non-hydrogen) atoms. The van der Waals surface area contributed by atoms with E-state index in [1.807, 2.05) is 6.07 Å². The molecule has 0 bridgehead atoms. The van der Waals surface area contributed by atoms with E-state index in [1.54, 1.807) is 23.5 Å². The van der Waals surface area contributed by atoms with Crippen LogP contribution in [0.15, 0.2) is 41.8 Å². The number of thiophene rings is 1. The first-order valence-electron chi connectivity index (χ1n) is 6.10. The van der Waals surface area contributed by atoms with Crippen LogP contribution < -0.4 is 0 Å². The van der Waals surface area contributed by atoms with Crippen molar-refractivity contribution >= 4 is 43.2 Å². The van der Waals surface area contributed by atoms with Gasteiger partial charge in [0.05, 0.1) is 0 Å². The van der Waals surface area contributed by atoms with Crippen molar-refractivity contribution in [2.24, 2.45) is 0 Å². The Morgan fingerprint density at radius 3 is 2.47 bits per heavy atom. The lowest BCUT2D eigenvalue weighted by Gasteiger charge is -2.30. The molecular formula is C15H15Br2FS. The molecule has 0 saturated carbocycles. The summed E-state index contributed by atoms with van der Waals surface area (Å²) >= 11 is 9.00. The molecule has 0 saturated heterocycles. The molecule has 102 valence electrons. The van der Waals surface area contributed by atoms with Crippen LogP contribution in [0.2, 0.25) is 0 Å². The van der Waals surface area contributed by atoms with Crippen molar-refractivity contribution in [3.05, 3.63) is 58.0 Å². The number of halogens is 3. The predicted octanol–water partition coefficient (Wildman–Crippen LogP) is 5.55. The smallest absolute Gasteiger partial charge is 0.123 e. The standard InChI is InChI=1S/C15H15Br2FS/c16-10-15(11-17,7-6-14-5-2-8-19-14)12-3-1-4-13(18)9-12/h1-5,8-9H,6-7,10-11H2. The van der Waals surface area contributed by atoms with Crippen molar-refractivity contribution in [1.82, 2.24) is 0 Å². The second-order valence-electron chi connectivity index (χ2n) is 4.64. The van der Waals surface area contributed by atoms with E-state index >= 15 is 0 Å². The largest absolute Gasteiger partial charge is 0.207 e. The summed E-state index contributed by atoms with van der Waals surface area (Å²) in [4.78, 5) is 1.38. The first-order valence-corrected chi connectivity index (χ1v) is 9.23. The van der Waals surface area contributed by atoms with Crippen LogP contribution in [0, 0.1) is 5.82 Å². The van der Waals surface area contributed by atoms with Gasteiger partial charge in [0.25, 0.3) is 0 Å². The Balaban J connectivity index is 2.21. The van der Waals surface area contributed by atoms with Gasteiger partial charge in [-0.05, 0) is 42.0 Å². The van der Waals surface area contributed by atoms with Gasteiger partial charge in [0, 0.05) is 21.0 Å². The van der Waals surface area contributed by atoms with Crippen molar-refractivity contribution < 1.29 is 4.39 Å². The number of alkyl halides is 2.